The van der Waals surface area contributed by atoms with Crippen LogP contribution in [0.3, 0.4) is 0 Å². The quantitative estimate of drug-likeness (QED) is 0.445. The zero-order valence-corrected chi connectivity index (χ0v) is 17.3. The third-order valence-corrected chi connectivity index (χ3v) is 6.03. The molecule has 0 saturated carbocycles. The smallest absolute Gasteiger partial charge is 0.251 e. The number of imidazole rings is 1. The van der Waals surface area contributed by atoms with Gasteiger partial charge in [0.1, 0.15) is 11.2 Å². The monoisotopic (exact) mass is 434 g/mol. The van der Waals surface area contributed by atoms with Gasteiger partial charge in [-0.15, -0.1) is 0 Å². The van der Waals surface area contributed by atoms with Gasteiger partial charge >= 0.3 is 0 Å². The Hall–Kier alpha value is -3.82. The standard InChI is InChI=1S/C22H20F2N8/c1-31-12-14(11-26-31)13-2-3-16-15(10-13)18(30-29-16)21-27-19-17(4-7-25-20(19)28-21)32-8-5-22(23,24)6-9-32/h2-4,7,10-12H,5-6,8-9H2,1H3,(H,29,30)(H,25,27,28). The molecule has 1 fully saturated rings. The number of pyridine rings is 1. The molecule has 0 amide bonds. The molecule has 1 saturated heterocycles. The molecule has 0 atom stereocenters. The lowest BCUT2D eigenvalue weighted by Gasteiger charge is -2.33. The summed E-state index contributed by atoms with van der Waals surface area (Å²) < 4.78 is 29.0. The molecule has 1 aromatic carbocycles. The molecule has 32 heavy (non-hydrogen) atoms. The number of nitrogens with one attached hydrogen (secondary N) is 2. The zero-order chi connectivity index (χ0) is 21.9. The summed E-state index contributed by atoms with van der Waals surface area (Å²) in [5.74, 6) is -2.02. The van der Waals surface area contributed by atoms with Crippen molar-refractivity contribution in [2.75, 3.05) is 18.0 Å². The fourth-order valence-electron chi connectivity index (χ4n) is 4.29. The molecule has 10 heteroatoms. The highest BCUT2D eigenvalue weighted by atomic mass is 19.3. The first-order chi connectivity index (χ1) is 15.5. The van der Waals surface area contributed by atoms with Crippen LogP contribution in [0.25, 0.3) is 44.7 Å². The van der Waals surface area contributed by atoms with Crippen molar-refractivity contribution in [3.63, 3.8) is 0 Å². The summed E-state index contributed by atoms with van der Waals surface area (Å²) in [5.41, 5.74) is 5.70. The molecule has 0 aliphatic carbocycles. The van der Waals surface area contributed by atoms with Crippen LogP contribution in [-0.4, -0.2) is 53.9 Å². The normalized spacial score (nSPS) is 16.3. The van der Waals surface area contributed by atoms with Crippen molar-refractivity contribution in [1.29, 1.82) is 0 Å². The van der Waals surface area contributed by atoms with Gasteiger partial charge in [-0.1, -0.05) is 6.07 Å². The van der Waals surface area contributed by atoms with Crippen molar-refractivity contribution < 1.29 is 8.78 Å². The van der Waals surface area contributed by atoms with Gasteiger partial charge in [-0.2, -0.15) is 10.2 Å². The van der Waals surface area contributed by atoms with Gasteiger partial charge in [0.05, 0.1) is 17.4 Å². The van der Waals surface area contributed by atoms with Crippen molar-refractivity contribution in [2.24, 2.45) is 7.05 Å². The number of aromatic nitrogens is 7. The van der Waals surface area contributed by atoms with Crippen LogP contribution in [0.2, 0.25) is 0 Å². The van der Waals surface area contributed by atoms with Crippen LogP contribution in [0.15, 0.2) is 42.9 Å². The Kier molecular flexibility index (Phi) is 4.04. The Balaban J connectivity index is 1.42. The molecule has 8 nitrogen and oxygen atoms in total. The number of anilines is 1. The minimum Gasteiger partial charge on any atom is -0.369 e. The fraction of sp³-hybridized carbons (Fsp3) is 0.273. The first-order valence-electron chi connectivity index (χ1n) is 10.4. The minimum absolute atomic E-state index is 0.154. The number of benzene rings is 1. The highest BCUT2D eigenvalue weighted by Crippen LogP contribution is 2.35. The summed E-state index contributed by atoms with van der Waals surface area (Å²) in [7, 11) is 1.88. The van der Waals surface area contributed by atoms with Gasteiger partial charge in [0, 0.05) is 56.3 Å². The first-order valence-corrected chi connectivity index (χ1v) is 10.4. The second-order valence-electron chi connectivity index (χ2n) is 8.19. The van der Waals surface area contributed by atoms with Gasteiger partial charge in [0.15, 0.2) is 11.5 Å². The third-order valence-electron chi connectivity index (χ3n) is 6.03. The van der Waals surface area contributed by atoms with Crippen LogP contribution < -0.4 is 4.90 Å². The van der Waals surface area contributed by atoms with Crippen LogP contribution >= 0.6 is 0 Å². The number of aromatic amines is 2. The Morgan fingerprint density at radius 3 is 2.72 bits per heavy atom. The summed E-state index contributed by atoms with van der Waals surface area (Å²) in [6.45, 7) is 0.584. The van der Waals surface area contributed by atoms with Crippen LogP contribution in [-0.2, 0) is 7.05 Å². The van der Waals surface area contributed by atoms with Crippen molar-refractivity contribution in [2.45, 2.75) is 18.8 Å². The molecule has 0 unspecified atom stereocenters. The van der Waals surface area contributed by atoms with Crippen LogP contribution in [0.5, 0.6) is 0 Å². The molecular formula is C22H20F2N8. The van der Waals surface area contributed by atoms with Gasteiger partial charge in [-0.25, -0.2) is 18.7 Å². The average Bonchev–Trinajstić information content (AvgIpc) is 3.50. The molecule has 5 aromatic rings. The van der Waals surface area contributed by atoms with Crippen molar-refractivity contribution >= 4 is 27.8 Å². The number of hydrogen-bond acceptors (Lipinski definition) is 5. The van der Waals surface area contributed by atoms with Crippen LogP contribution in [0, 0.1) is 0 Å². The van der Waals surface area contributed by atoms with E-state index in [1.807, 2.05) is 42.5 Å². The second-order valence-corrected chi connectivity index (χ2v) is 8.19. The van der Waals surface area contributed by atoms with E-state index in [1.165, 1.54) is 0 Å². The summed E-state index contributed by atoms with van der Waals surface area (Å²) in [6, 6.07) is 7.90. The maximum atomic E-state index is 13.6. The van der Waals surface area contributed by atoms with Crippen LogP contribution in [0.1, 0.15) is 12.8 Å². The van der Waals surface area contributed by atoms with Gasteiger partial charge < -0.3 is 9.88 Å². The summed E-state index contributed by atoms with van der Waals surface area (Å²) >= 11 is 0. The predicted octanol–water partition coefficient (Wildman–Crippen LogP) is 4.14. The van der Waals surface area contributed by atoms with Gasteiger partial charge in [0.25, 0.3) is 5.92 Å². The average molecular weight is 434 g/mol. The lowest BCUT2D eigenvalue weighted by atomic mass is 10.1. The number of nitrogens with zero attached hydrogens (tertiary/aromatic N) is 6. The molecule has 0 radical (unpaired) electrons. The van der Waals surface area contributed by atoms with E-state index in [0.717, 1.165) is 33.2 Å². The topological polar surface area (TPSA) is 91.3 Å². The lowest BCUT2D eigenvalue weighted by Crippen LogP contribution is -2.39. The number of piperidine rings is 1. The highest BCUT2D eigenvalue weighted by molar-refractivity contribution is 5.96. The van der Waals surface area contributed by atoms with Crippen LogP contribution in [0.4, 0.5) is 14.5 Å². The number of hydrogen-bond donors (Lipinski definition) is 2. The molecule has 5 heterocycles. The SMILES string of the molecule is Cn1cc(-c2ccc3[nH]nc(-c4nc5nccc(N6CCC(F)(F)CC6)c5[nH]4)c3c2)cn1. The molecule has 0 bridgehead atoms. The number of alkyl halides is 2. The van der Waals surface area contributed by atoms with E-state index in [2.05, 4.69) is 36.3 Å². The predicted molar refractivity (Wildman–Crippen MR) is 118 cm³/mol. The Morgan fingerprint density at radius 1 is 1.09 bits per heavy atom. The summed E-state index contributed by atoms with van der Waals surface area (Å²) in [5, 5.41) is 12.7. The first kappa shape index (κ1) is 18.9. The minimum atomic E-state index is -2.60. The molecule has 0 spiro atoms. The fourth-order valence-corrected chi connectivity index (χ4v) is 4.29. The molecule has 1 aliphatic rings. The van der Waals surface area contributed by atoms with Gasteiger partial charge in [0.2, 0.25) is 0 Å². The summed E-state index contributed by atoms with van der Waals surface area (Å²) in [6.07, 6.45) is 5.14. The van der Waals surface area contributed by atoms with E-state index in [-0.39, 0.29) is 12.8 Å². The molecule has 162 valence electrons. The zero-order valence-electron chi connectivity index (χ0n) is 17.3. The van der Waals surface area contributed by atoms with E-state index >= 15 is 0 Å². The molecular weight excluding hydrogens is 414 g/mol. The largest absolute Gasteiger partial charge is 0.369 e. The van der Waals surface area contributed by atoms with Crippen molar-refractivity contribution in [3.05, 3.63) is 42.9 Å². The lowest BCUT2D eigenvalue weighted by molar-refractivity contribution is -0.0220. The Labute approximate surface area is 181 Å². The number of halogens is 2. The Bertz CT molecular complexity index is 1440. The third kappa shape index (κ3) is 3.10. The van der Waals surface area contributed by atoms with Crippen molar-refractivity contribution in [3.8, 4) is 22.6 Å². The summed E-state index contributed by atoms with van der Waals surface area (Å²) in [4.78, 5) is 14.3. The molecule has 2 N–H and O–H groups in total. The maximum Gasteiger partial charge on any atom is 0.251 e. The van der Waals surface area contributed by atoms with Gasteiger partial charge in [-0.05, 0) is 23.8 Å². The Morgan fingerprint density at radius 2 is 1.94 bits per heavy atom. The van der Waals surface area contributed by atoms with E-state index in [9.17, 15) is 8.78 Å². The number of aryl methyl sites for hydroxylation is 1. The number of rotatable bonds is 3. The molecule has 1 aliphatic heterocycles. The second kappa shape index (κ2) is 6.84. The maximum absolute atomic E-state index is 13.6. The highest BCUT2D eigenvalue weighted by Gasteiger charge is 2.34. The molecule has 6 rings (SSSR count). The molecule has 4 aromatic heterocycles. The number of fused-ring (bicyclic) bond motifs is 2. The van der Waals surface area contributed by atoms with E-state index in [0.29, 0.717) is 30.3 Å². The van der Waals surface area contributed by atoms with Crippen molar-refractivity contribution in [1.82, 2.24) is 34.9 Å². The number of H-pyrrole nitrogens is 2. The van der Waals surface area contributed by atoms with Gasteiger partial charge in [-0.3, -0.25) is 9.78 Å². The van der Waals surface area contributed by atoms with E-state index < -0.39 is 5.92 Å². The van der Waals surface area contributed by atoms with E-state index in [4.69, 9.17) is 0 Å². The van der Waals surface area contributed by atoms with E-state index in [1.54, 1.807) is 10.9 Å².